The Labute approximate surface area is 422 Å². The molecular weight excluding hydrogens is 977 g/mol. The summed E-state index contributed by atoms with van der Waals surface area (Å²) in [5.41, 5.74) is 1.64. The van der Waals surface area contributed by atoms with Crippen LogP contribution in [-0.2, 0) is 63.9 Å². The average molecular weight is 1050 g/mol. The molecule has 9 atom stereocenters. The van der Waals surface area contributed by atoms with Gasteiger partial charge in [-0.15, -0.1) is 40.5 Å². The zero-order valence-corrected chi connectivity index (χ0v) is 41.8. The number of ether oxygens (including phenoxy) is 8. The standard InChI is InChI=1S/C45H72N6O22/c1-4-63-27-33(2)28-64-29-34-12-15-36(16-13-34)43-41(68-30-35-14-17-40-39(24-35)46(19-23-65-40)18-9-20-62-3)25-47(44(52)66-21-7-5-10-37(72-50(58)59)31-69-48(54)55)26-42(43)71-45(53)67-22-8-6-11-38(73-51(60)61)32-70-49(56)57/h12-13,15-16,33,35,37-43H,4-11,14,17-32H2,1-3H3. The third-order valence-corrected chi connectivity index (χ3v) is 12.6. The fourth-order valence-corrected chi connectivity index (χ4v) is 9.15. The van der Waals surface area contributed by atoms with Crippen LogP contribution in [0.4, 0.5) is 9.59 Å². The van der Waals surface area contributed by atoms with Crippen LogP contribution in [-0.4, -0.2) is 178 Å². The van der Waals surface area contributed by atoms with Crippen LogP contribution < -0.4 is 0 Å². The third kappa shape index (κ3) is 23.0. The Balaban J connectivity index is 1.53. The van der Waals surface area contributed by atoms with Crippen LogP contribution in [0.2, 0.25) is 0 Å². The van der Waals surface area contributed by atoms with Crippen molar-refractivity contribution in [3.63, 3.8) is 0 Å². The van der Waals surface area contributed by atoms with E-state index in [2.05, 4.69) is 24.3 Å². The zero-order valence-electron chi connectivity index (χ0n) is 41.8. The Morgan fingerprint density at radius 3 is 2.01 bits per heavy atom. The minimum atomic E-state index is -1.24. The molecule has 28 nitrogen and oxygen atoms in total. The molecule has 2 aliphatic heterocycles. The van der Waals surface area contributed by atoms with E-state index in [0.29, 0.717) is 46.2 Å². The quantitative estimate of drug-likeness (QED) is 0.0363. The number of carbonyl (C=O) groups excluding carboxylic acids is 2. The molecule has 3 fully saturated rings. The first-order valence-electron chi connectivity index (χ1n) is 24.8. The molecule has 73 heavy (non-hydrogen) atoms. The molecule has 1 aromatic carbocycles. The van der Waals surface area contributed by atoms with Gasteiger partial charge in [0.15, 0.2) is 0 Å². The topological polar surface area (TPSA) is 324 Å². The van der Waals surface area contributed by atoms with E-state index in [1.807, 2.05) is 38.1 Å². The van der Waals surface area contributed by atoms with E-state index in [4.69, 9.17) is 37.9 Å². The number of piperidine rings is 1. The van der Waals surface area contributed by atoms with Gasteiger partial charge in [-0.2, -0.15) is 0 Å². The van der Waals surface area contributed by atoms with Crippen molar-refractivity contribution in [1.82, 2.24) is 9.80 Å². The highest BCUT2D eigenvalue weighted by Gasteiger charge is 2.44. The molecule has 414 valence electrons. The predicted molar refractivity (Wildman–Crippen MR) is 250 cm³/mol. The molecule has 0 bridgehead atoms. The van der Waals surface area contributed by atoms with Gasteiger partial charge in [-0.1, -0.05) is 31.2 Å². The number of morpholine rings is 1. The zero-order chi connectivity index (χ0) is 53.0. The molecule has 0 spiro atoms. The number of rotatable bonds is 36. The van der Waals surface area contributed by atoms with Gasteiger partial charge in [0.1, 0.15) is 31.5 Å². The van der Waals surface area contributed by atoms with Crippen LogP contribution in [0.3, 0.4) is 0 Å². The number of hydrogen-bond donors (Lipinski definition) is 0. The van der Waals surface area contributed by atoms with E-state index in [9.17, 15) is 50.0 Å². The highest BCUT2D eigenvalue weighted by atomic mass is 17.0. The van der Waals surface area contributed by atoms with Crippen LogP contribution in [0.5, 0.6) is 0 Å². The first-order valence-corrected chi connectivity index (χ1v) is 24.8. The molecule has 4 rings (SSSR count). The first-order chi connectivity index (χ1) is 35.1. The molecule has 9 unspecified atom stereocenters. The van der Waals surface area contributed by atoms with Crippen LogP contribution in [0.15, 0.2) is 24.3 Å². The highest BCUT2D eigenvalue weighted by molar-refractivity contribution is 5.68. The fourth-order valence-electron chi connectivity index (χ4n) is 9.15. The maximum Gasteiger partial charge on any atom is 0.508 e. The minimum Gasteiger partial charge on any atom is -0.449 e. The van der Waals surface area contributed by atoms with Crippen LogP contribution in [0, 0.1) is 52.3 Å². The van der Waals surface area contributed by atoms with E-state index >= 15 is 0 Å². The highest BCUT2D eigenvalue weighted by Crippen LogP contribution is 2.37. The van der Waals surface area contributed by atoms with E-state index in [0.717, 1.165) is 49.9 Å². The van der Waals surface area contributed by atoms with E-state index in [1.165, 1.54) is 4.90 Å². The van der Waals surface area contributed by atoms with Crippen LogP contribution in [0.1, 0.15) is 95.1 Å². The number of carbonyl (C=O) groups is 2. The van der Waals surface area contributed by atoms with Gasteiger partial charge < -0.3 is 62.1 Å². The lowest BCUT2D eigenvalue weighted by atomic mass is 9.81. The number of benzene rings is 1. The van der Waals surface area contributed by atoms with Crippen molar-refractivity contribution in [3.05, 3.63) is 75.8 Å². The number of unbranched alkanes of at least 4 members (excludes halogenated alkanes) is 2. The van der Waals surface area contributed by atoms with Gasteiger partial charge in [0.2, 0.25) is 0 Å². The van der Waals surface area contributed by atoms with Crippen molar-refractivity contribution in [3.8, 4) is 0 Å². The lowest BCUT2D eigenvalue weighted by Gasteiger charge is -2.47. The Hall–Kier alpha value is -5.68. The molecule has 0 aromatic heterocycles. The Morgan fingerprint density at radius 2 is 1.40 bits per heavy atom. The summed E-state index contributed by atoms with van der Waals surface area (Å²) in [6.07, 6.45) is -1.80. The summed E-state index contributed by atoms with van der Waals surface area (Å²) in [5, 5.41) is 38.8. The summed E-state index contributed by atoms with van der Waals surface area (Å²) < 4.78 is 47.0. The second-order valence-electron chi connectivity index (χ2n) is 18.2. The van der Waals surface area contributed by atoms with Crippen molar-refractivity contribution in [2.24, 2.45) is 11.8 Å². The third-order valence-electron chi connectivity index (χ3n) is 12.6. The SMILES string of the molecule is CCOCC(C)COCc1ccc(C2C(OCC3CCC4OCCN(CCCOC)C4C3)CN(C(=O)OCCCCC(CO[N+](=O)[O-])O[N+](=O)[O-])CC2OC(=O)OCCCCC(CO[N+](=O)[O-])O[N+](=O)[O-])cc1. The Bertz CT molecular complexity index is 1820. The molecule has 1 amide bonds. The monoisotopic (exact) mass is 1050 g/mol. The molecule has 1 aromatic rings. The number of hydrogen-bond acceptors (Lipinski definition) is 23. The van der Waals surface area contributed by atoms with Crippen molar-refractivity contribution in [1.29, 1.82) is 0 Å². The van der Waals surface area contributed by atoms with Crippen molar-refractivity contribution >= 4 is 12.2 Å². The van der Waals surface area contributed by atoms with Crippen molar-refractivity contribution < 1.29 is 87.2 Å². The molecule has 0 radical (unpaired) electrons. The van der Waals surface area contributed by atoms with E-state index in [-0.39, 0.29) is 88.8 Å². The van der Waals surface area contributed by atoms with Gasteiger partial charge in [-0.3, -0.25) is 4.90 Å². The molecule has 2 saturated heterocycles. The molecule has 28 heteroatoms. The fraction of sp³-hybridized carbons (Fsp3) is 0.822. The molecule has 0 N–H and O–H groups in total. The van der Waals surface area contributed by atoms with Crippen molar-refractivity contribution in [2.75, 3.05) is 99.4 Å². The number of amides is 1. The van der Waals surface area contributed by atoms with Gasteiger partial charge in [-0.25, -0.2) is 9.59 Å². The maximum absolute atomic E-state index is 13.9. The summed E-state index contributed by atoms with van der Waals surface area (Å²) in [7, 11) is 1.68. The van der Waals surface area contributed by atoms with E-state index in [1.54, 1.807) is 7.11 Å². The first kappa shape index (κ1) is 59.9. The normalized spacial score (nSPS) is 22.2. The van der Waals surface area contributed by atoms with E-state index < -0.39 is 76.1 Å². The Morgan fingerprint density at radius 1 is 0.767 bits per heavy atom. The average Bonchev–Trinajstić information content (AvgIpc) is 3.35. The van der Waals surface area contributed by atoms with Gasteiger partial charge in [-0.05, 0) is 88.2 Å². The summed E-state index contributed by atoms with van der Waals surface area (Å²) in [6, 6.07) is 7.82. The maximum atomic E-state index is 13.9. The summed E-state index contributed by atoms with van der Waals surface area (Å²) >= 11 is 0. The Kier molecular flexibility index (Phi) is 27.2. The van der Waals surface area contributed by atoms with Crippen LogP contribution >= 0.6 is 0 Å². The second kappa shape index (κ2) is 33.2. The summed E-state index contributed by atoms with van der Waals surface area (Å²) in [5.74, 6) is -0.309. The van der Waals surface area contributed by atoms with Gasteiger partial charge in [0, 0.05) is 52.0 Å². The van der Waals surface area contributed by atoms with Gasteiger partial charge >= 0.3 is 12.2 Å². The number of fused-ring (bicyclic) bond motifs is 1. The molecule has 1 aliphatic carbocycles. The van der Waals surface area contributed by atoms with Gasteiger partial charge in [0.05, 0.1) is 70.9 Å². The number of nitrogens with zero attached hydrogens (tertiary/aromatic N) is 6. The summed E-state index contributed by atoms with van der Waals surface area (Å²) in [6.45, 7) is 7.51. The lowest BCUT2D eigenvalue weighted by Crippen LogP contribution is -2.56. The molecule has 3 aliphatic rings. The summed E-state index contributed by atoms with van der Waals surface area (Å²) in [4.78, 5) is 91.8. The van der Waals surface area contributed by atoms with Crippen LogP contribution in [0.25, 0.3) is 0 Å². The second-order valence-corrected chi connectivity index (χ2v) is 18.2. The molecular formula is C45H72N6O22. The lowest BCUT2D eigenvalue weighted by molar-refractivity contribution is -0.790. The predicted octanol–water partition coefficient (Wildman–Crippen LogP) is 5.14. The van der Waals surface area contributed by atoms with Gasteiger partial charge in [0.25, 0.3) is 20.3 Å². The smallest absolute Gasteiger partial charge is 0.449 e. The minimum absolute atomic E-state index is 0.00722. The number of likely N-dealkylation sites (tertiary alicyclic amines) is 1. The number of methoxy groups -OCH3 is 1. The molecule has 2 heterocycles. The van der Waals surface area contributed by atoms with Crippen molar-refractivity contribution in [2.45, 2.75) is 127 Å². The molecule has 1 saturated carbocycles. The largest absolute Gasteiger partial charge is 0.508 e.